The molecular formula is C15H18ClF3N2O2. The van der Waals surface area contributed by atoms with E-state index in [0.717, 1.165) is 12.1 Å². The largest absolute Gasteiger partial charge is 0.417 e. The summed E-state index contributed by atoms with van der Waals surface area (Å²) in [7, 11) is 0. The van der Waals surface area contributed by atoms with E-state index in [2.05, 4.69) is 5.32 Å². The van der Waals surface area contributed by atoms with Crippen molar-refractivity contribution in [3.63, 3.8) is 0 Å². The highest BCUT2D eigenvalue weighted by molar-refractivity contribution is 6.31. The van der Waals surface area contributed by atoms with Crippen LogP contribution in [0.3, 0.4) is 0 Å². The Labute approximate surface area is 137 Å². The Hall–Kier alpha value is -1.31. The summed E-state index contributed by atoms with van der Waals surface area (Å²) in [6, 6.07) is 3.31. The predicted molar refractivity (Wildman–Crippen MR) is 81.5 cm³/mol. The Bertz CT molecular complexity index is 570. The van der Waals surface area contributed by atoms with E-state index < -0.39 is 16.8 Å². The van der Waals surface area contributed by atoms with E-state index in [1.54, 1.807) is 0 Å². The van der Waals surface area contributed by atoms with Crippen molar-refractivity contribution in [3.8, 4) is 0 Å². The van der Waals surface area contributed by atoms with Crippen molar-refractivity contribution in [1.29, 1.82) is 0 Å². The second-order valence-electron chi connectivity index (χ2n) is 5.69. The molecule has 1 heterocycles. The van der Waals surface area contributed by atoms with E-state index in [0.29, 0.717) is 13.1 Å². The first-order valence-corrected chi connectivity index (χ1v) is 7.57. The highest BCUT2D eigenvalue weighted by Gasteiger charge is 2.33. The number of hydrogen-bond acceptors (Lipinski definition) is 3. The van der Waals surface area contributed by atoms with Crippen molar-refractivity contribution in [2.75, 3.05) is 25.0 Å². The lowest BCUT2D eigenvalue weighted by atomic mass is 10.2. The molecular weight excluding hydrogens is 333 g/mol. The van der Waals surface area contributed by atoms with Gasteiger partial charge in [-0.1, -0.05) is 11.6 Å². The molecule has 8 heteroatoms. The number of morpholine rings is 1. The van der Waals surface area contributed by atoms with E-state index >= 15 is 0 Å². The molecule has 0 unspecified atom stereocenters. The predicted octanol–water partition coefficient (Wildman–Crippen LogP) is 3.41. The molecule has 1 fully saturated rings. The number of halogens is 4. The van der Waals surface area contributed by atoms with E-state index in [1.165, 1.54) is 6.07 Å². The van der Waals surface area contributed by atoms with Gasteiger partial charge in [0, 0.05) is 18.8 Å². The summed E-state index contributed by atoms with van der Waals surface area (Å²) in [6.07, 6.45) is -4.54. The third kappa shape index (κ3) is 5.09. The molecule has 1 saturated heterocycles. The number of carbonyl (C=O) groups is 1. The molecule has 1 aliphatic rings. The van der Waals surface area contributed by atoms with Crippen molar-refractivity contribution in [1.82, 2.24) is 4.90 Å². The first-order chi connectivity index (χ1) is 10.6. The molecule has 2 rings (SSSR count). The maximum absolute atomic E-state index is 12.8. The molecule has 1 aliphatic heterocycles. The van der Waals surface area contributed by atoms with Gasteiger partial charge in [0.1, 0.15) is 0 Å². The van der Waals surface area contributed by atoms with Crippen LogP contribution in [-0.2, 0) is 15.7 Å². The lowest BCUT2D eigenvalue weighted by Crippen LogP contribution is -2.48. The molecule has 0 radical (unpaired) electrons. The average molecular weight is 351 g/mol. The third-order valence-electron chi connectivity index (χ3n) is 3.42. The number of nitrogens with one attached hydrogen (secondary N) is 1. The number of amides is 1. The monoisotopic (exact) mass is 350 g/mol. The fourth-order valence-corrected chi connectivity index (χ4v) is 2.86. The van der Waals surface area contributed by atoms with E-state index in [4.69, 9.17) is 16.3 Å². The maximum Gasteiger partial charge on any atom is 0.417 e. The number of anilines is 1. The summed E-state index contributed by atoms with van der Waals surface area (Å²) in [6.45, 7) is 5.13. The molecule has 4 nitrogen and oxygen atoms in total. The van der Waals surface area contributed by atoms with Gasteiger partial charge in [-0.2, -0.15) is 13.2 Å². The van der Waals surface area contributed by atoms with E-state index in [9.17, 15) is 18.0 Å². The van der Waals surface area contributed by atoms with Crippen LogP contribution in [-0.4, -0.2) is 42.6 Å². The van der Waals surface area contributed by atoms with Gasteiger partial charge < -0.3 is 10.1 Å². The average Bonchev–Trinajstić information content (AvgIpc) is 2.38. The zero-order valence-corrected chi connectivity index (χ0v) is 13.5. The number of ether oxygens (including phenoxy) is 1. The first-order valence-electron chi connectivity index (χ1n) is 7.19. The lowest BCUT2D eigenvalue weighted by Gasteiger charge is -2.34. The molecule has 1 aromatic rings. The van der Waals surface area contributed by atoms with Crippen molar-refractivity contribution in [2.24, 2.45) is 0 Å². The quantitative estimate of drug-likeness (QED) is 0.908. The summed E-state index contributed by atoms with van der Waals surface area (Å²) in [5.74, 6) is -0.373. The van der Waals surface area contributed by atoms with Crippen LogP contribution in [0.1, 0.15) is 19.4 Å². The van der Waals surface area contributed by atoms with Gasteiger partial charge in [0.2, 0.25) is 5.91 Å². The van der Waals surface area contributed by atoms with Crippen LogP contribution in [0.2, 0.25) is 5.02 Å². The van der Waals surface area contributed by atoms with Crippen LogP contribution >= 0.6 is 11.6 Å². The highest BCUT2D eigenvalue weighted by atomic mass is 35.5. The van der Waals surface area contributed by atoms with Crippen LogP contribution in [0.5, 0.6) is 0 Å². The van der Waals surface area contributed by atoms with E-state index in [-0.39, 0.29) is 30.3 Å². The molecule has 1 aromatic carbocycles. The summed E-state index contributed by atoms with van der Waals surface area (Å²) >= 11 is 5.55. The summed E-state index contributed by atoms with van der Waals surface area (Å²) in [4.78, 5) is 13.9. The number of hydrogen-bond donors (Lipinski definition) is 1. The lowest BCUT2D eigenvalue weighted by molar-refractivity contribution is -0.137. The van der Waals surface area contributed by atoms with Crippen LogP contribution in [0.4, 0.5) is 18.9 Å². The molecule has 0 spiro atoms. The smallest absolute Gasteiger partial charge is 0.373 e. The zero-order chi connectivity index (χ0) is 17.2. The van der Waals surface area contributed by atoms with Gasteiger partial charge in [-0.25, -0.2) is 0 Å². The Kier molecular flexibility index (Phi) is 5.54. The molecule has 1 amide bonds. The van der Waals surface area contributed by atoms with Gasteiger partial charge in [0.25, 0.3) is 0 Å². The maximum atomic E-state index is 12.8. The van der Waals surface area contributed by atoms with Crippen molar-refractivity contribution in [3.05, 3.63) is 28.8 Å². The third-order valence-corrected chi connectivity index (χ3v) is 3.75. The molecule has 128 valence electrons. The summed E-state index contributed by atoms with van der Waals surface area (Å²) < 4.78 is 44.0. The Balaban J connectivity index is 2.00. The molecule has 2 atom stereocenters. The van der Waals surface area contributed by atoms with Crippen molar-refractivity contribution < 1.29 is 22.7 Å². The van der Waals surface area contributed by atoms with Crippen LogP contribution in [0.25, 0.3) is 0 Å². The number of rotatable bonds is 3. The van der Waals surface area contributed by atoms with Crippen LogP contribution in [0.15, 0.2) is 18.2 Å². The van der Waals surface area contributed by atoms with Gasteiger partial charge in [0.15, 0.2) is 0 Å². The molecule has 0 saturated carbocycles. The number of carbonyl (C=O) groups excluding carboxylic acids is 1. The minimum atomic E-state index is -4.56. The zero-order valence-electron chi connectivity index (χ0n) is 12.8. The fourth-order valence-electron chi connectivity index (χ4n) is 2.64. The molecule has 0 aliphatic carbocycles. The van der Waals surface area contributed by atoms with Gasteiger partial charge in [-0.05, 0) is 32.0 Å². The topological polar surface area (TPSA) is 41.6 Å². The number of alkyl halides is 3. The minimum absolute atomic E-state index is 0.0129. The van der Waals surface area contributed by atoms with Gasteiger partial charge in [0.05, 0.1) is 29.3 Å². The second-order valence-corrected chi connectivity index (χ2v) is 6.10. The number of benzene rings is 1. The summed E-state index contributed by atoms with van der Waals surface area (Å²) in [5, 5.41) is 2.08. The van der Waals surface area contributed by atoms with Crippen LogP contribution in [0, 0.1) is 0 Å². The van der Waals surface area contributed by atoms with Crippen molar-refractivity contribution >= 4 is 23.2 Å². The second kappa shape index (κ2) is 7.07. The van der Waals surface area contributed by atoms with Crippen molar-refractivity contribution in [2.45, 2.75) is 32.2 Å². The molecule has 0 bridgehead atoms. The van der Waals surface area contributed by atoms with E-state index in [1.807, 2.05) is 18.7 Å². The Morgan fingerprint density at radius 2 is 1.96 bits per heavy atom. The first kappa shape index (κ1) is 18.0. The van der Waals surface area contributed by atoms with Gasteiger partial charge in [-0.15, -0.1) is 0 Å². The SMILES string of the molecule is C[C@@H]1CN(CC(=O)Nc2ccc(Cl)c(C(F)(F)F)c2)C[C@H](C)O1. The Morgan fingerprint density at radius 3 is 2.52 bits per heavy atom. The standard InChI is InChI=1S/C15H18ClF3N2O2/c1-9-6-21(7-10(2)23-9)8-14(22)20-11-3-4-13(16)12(5-11)15(17,18)19/h3-5,9-10H,6-8H2,1-2H3,(H,20,22)/t9-,10+. The summed E-state index contributed by atoms with van der Waals surface area (Å²) in [5.41, 5.74) is -0.897. The highest BCUT2D eigenvalue weighted by Crippen LogP contribution is 2.36. The molecule has 0 aromatic heterocycles. The van der Waals surface area contributed by atoms with Gasteiger partial charge in [-0.3, -0.25) is 9.69 Å². The minimum Gasteiger partial charge on any atom is -0.373 e. The normalized spacial score (nSPS) is 22.9. The Morgan fingerprint density at radius 1 is 1.35 bits per heavy atom. The molecule has 1 N–H and O–H groups in total. The number of nitrogens with zero attached hydrogens (tertiary/aromatic N) is 1. The fraction of sp³-hybridized carbons (Fsp3) is 0.533. The van der Waals surface area contributed by atoms with Crippen LogP contribution < -0.4 is 5.32 Å². The molecule has 23 heavy (non-hydrogen) atoms. The van der Waals surface area contributed by atoms with Gasteiger partial charge >= 0.3 is 6.18 Å².